The molecule has 1 aromatic carbocycles. The zero-order chi connectivity index (χ0) is 13.8. The highest BCUT2D eigenvalue weighted by Crippen LogP contribution is 2.27. The summed E-state index contributed by atoms with van der Waals surface area (Å²) in [5, 5.41) is 8.39. The minimum absolute atomic E-state index is 0.615. The first-order valence-electron chi connectivity index (χ1n) is 6.22. The highest BCUT2D eigenvalue weighted by molar-refractivity contribution is 6.32. The van der Waals surface area contributed by atoms with Crippen LogP contribution in [-0.2, 0) is 20.0 Å². The Balaban J connectivity index is 2.09. The first-order chi connectivity index (χ1) is 9.13. The highest BCUT2D eigenvalue weighted by atomic mass is 35.5. The predicted octanol–water partition coefficient (Wildman–Crippen LogP) is 3.26. The van der Waals surface area contributed by atoms with Gasteiger partial charge in [-0.3, -0.25) is 4.68 Å². The summed E-state index contributed by atoms with van der Waals surface area (Å²) in [6.45, 7) is 2.85. The molecule has 0 amide bonds. The van der Waals surface area contributed by atoms with Crippen molar-refractivity contribution in [3.63, 3.8) is 0 Å². The average molecular weight is 280 g/mol. The van der Waals surface area contributed by atoms with Crippen LogP contribution in [0.15, 0.2) is 24.4 Å². The van der Waals surface area contributed by atoms with E-state index in [0.29, 0.717) is 10.8 Å². The molecule has 1 N–H and O–H groups in total. The molecule has 0 radical (unpaired) electrons. The Bertz CT molecular complexity index is 566. The highest BCUT2D eigenvalue weighted by Gasteiger charge is 2.06. The topological polar surface area (TPSA) is 39.1 Å². The van der Waals surface area contributed by atoms with Gasteiger partial charge in [-0.2, -0.15) is 5.10 Å². The van der Waals surface area contributed by atoms with Gasteiger partial charge in [-0.1, -0.05) is 18.5 Å². The largest absolute Gasteiger partial charge is 0.495 e. The van der Waals surface area contributed by atoms with Gasteiger partial charge < -0.3 is 10.1 Å². The molecular weight excluding hydrogens is 262 g/mol. The van der Waals surface area contributed by atoms with Crippen molar-refractivity contribution in [1.82, 2.24) is 9.78 Å². The number of methoxy groups -OCH3 is 1. The van der Waals surface area contributed by atoms with Crippen molar-refractivity contribution in [3.8, 4) is 5.75 Å². The van der Waals surface area contributed by atoms with E-state index in [1.54, 1.807) is 7.11 Å². The average Bonchev–Trinajstić information content (AvgIpc) is 2.78. The fourth-order valence-corrected chi connectivity index (χ4v) is 2.19. The van der Waals surface area contributed by atoms with E-state index in [1.165, 1.54) is 5.56 Å². The predicted molar refractivity (Wildman–Crippen MR) is 77.9 cm³/mol. The lowest BCUT2D eigenvalue weighted by atomic mass is 10.2. The minimum atomic E-state index is 0.615. The van der Waals surface area contributed by atoms with Gasteiger partial charge in [0, 0.05) is 37.1 Å². The molecule has 1 aromatic heterocycles. The number of nitrogens with zero attached hydrogens (tertiary/aromatic N) is 2. The van der Waals surface area contributed by atoms with Gasteiger partial charge >= 0.3 is 0 Å². The van der Waals surface area contributed by atoms with Gasteiger partial charge in [0.05, 0.1) is 17.8 Å². The van der Waals surface area contributed by atoms with Crippen molar-refractivity contribution in [2.75, 3.05) is 12.4 Å². The van der Waals surface area contributed by atoms with Gasteiger partial charge in [0.1, 0.15) is 5.75 Å². The summed E-state index contributed by atoms with van der Waals surface area (Å²) in [7, 11) is 3.55. The Labute approximate surface area is 118 Å². The van der Waals surface area contributed by atoms with Gasteiger partial charge in [0.25, 0.3) is 0 Å². The Kier molecular flexibility index (Phi) is 4.32. The number of rotatable bonds is 5. The number of ether oxygens (including phenoxy) is 1. The summed E-state index contributed by atoms with van der Waals surface area (Å²) in [5.74, 6) is 0.675. The molecule has 2 rings (SSSR count). The van der Waals surface area contributed by atoms with Crippen LogP contribution in [0.25, 0.3) is 0 Å². The number of halogens is 1. The lowest BCUT2D eigenvalue weighted by Gasteiger charge is -2.09. The van der Waals surface area contributed by atoms with Crippen LogP contribution < -0.4 is 10.1 Å². The molecule has 0 unspecified atom stereocenters. The molecule has 102 valence electrons. The third-order valence-electron chi connectivity index (χ3n) is 2.96. The van der Waals surface area contributed by atoms with Gasteiger partial charge in [-0.05, 0) is 18.6 Å². The summed E-state index contributed by atoms with van der Waals surface area (Å²) >= 11 is 6.00. The first-order valence-corrected chi connectivity index (χ1v) is 6.60. The quantitative estimate of drug-likeness (QED) is 0.913. The van der Waals surface area contributed by atoms with Gasteiger partial charge in [0.2, 0.25) is 0 Å². The summed E-state index contributed by atoms with van der Waals surface area (Å²) in [6, 6.07) is 5.66. The summed E-state index contributed by atoms with van der Waals surface area (Å²) in [4.78, 5) is 0. The van der Waals surface area contributed by atoms with Gasteiger partial charge in [-0.25, -0.2) is 0 Å². The number of nitrogens with one attached hydrogen (secondary N) is 1. The van der Waals surface area contributed by atoms with Crippen LogP contribution in [0, 0.1) is 0 Å². The van der Waals surface area contributed by atoms with Crippen molar-refractivity contribution in [3.05, 3.63) is 40.7 Å². The van der Waals surface area contributed by atoms with Crippen LogP contribution >= 0.6 is 11.6 Å². The Hall–Kier alpha value is -1.68. The van der Waals surface area contributed by atoms with Gasteiger partial charge in [0.15, 0.2) is 0 Å². The van der Waals surface area contributed by atoms with E-state index in [9.17, 15) is 0 Å². The lowest BCUT2D eigenvalue weighted by Crippen LogP contribution is -2.01. The fourth-order valence-electron chi connectivity index (χ4n) is 2.00. The van der Waals surface area contributed by atoms with Crippen LogP contribution in [-0.4, -0.2) is 16.9 Å². The standard InChI is InChI=1S/C14H18ClN3O/c1-4-13-10(9-18(2)17-13)8-16-11-5-6-12(15)14(7-11)19-3/h5-7,9,16H,4,8H2,1-3H3. The zero-order valence-corrected chi connectivity index (χ0v) is 12.2. The van der Waals surface area contributed by atoms with E-state index >= 15 is 0 Å². The molecule has 0 bridgehead atoms. The second-order valence-electron chi connectivity index (χ2n) is 4.33. The minimum Gasteiger partial charge on any atom is -0.495 e. The van der Waals surface area contributed by atoms with Crippen molar-refractivity contribution in [2.24, 2.45) is 7.05 Å². The Morgan fingerprint density at radius 1 is 1.42 bits per heavy atom. The molecule has 0 aliphatic rings. The molecule has 5 heteroatoms. The molecule has 0 fully saturated rings. The maximum Gasteiger partial charge on any atom is 0.139 e. The number of benzene rings is 1. The van der Waals surface area contributed by atoms with E-state index in [-0.39, 0.29) is 0 Å². The van der Waals surface area contributed by atoms with E-state index in [4.69, 9.17) is 16.3 Å². The normalized spacial score (nSPS) is 10.5. The van der Waals surface area contributed by atoms with Crippen molar-refractivity contribution in [2.45, 2.75) is 19.9 Å². The summed E-state index contributed by atoms with van der Waals surface area (Å²) in [6.07, 6.45) is 2.97. The molecule has 0 aliphatic carbocycles. The van der Waals surface area contributed by atoms with Gasteiger partial charge in [-0.15, -0.1) is 0 Å². The third-order valence-corrected chi connectivity index (χ3v) is 3.27. The van der Waals surface area contributed by atoms with E-state index < -0.39 is 0 Å². The maximum absolute atomic E-state index is 6.00. The maximum atomic E-state index is 6.00. The van der Waals surface area contributed by atoms with Crippen molar-refractivity contribution >= 4 is 17.3 Å². The van der Waals surface area contributed by atoms with Crippen LogP contribution in [0.5, 0.6) is 5.75 Å². The van der Waals surface area contributed by atoms with Crippen molar-refractivity contribution in [1.29, 1.82) is 0 Å². The number of hydrogen-bond donors (Lipinski definition) is 1. The molecule has 1 heterocycles. The zero-order valence-electron chi connectivity index (χ0n) is 11.4. The monoisotopic (exact) mass is 279 g/mol. The molecule has 0 aliphatic heterocycles. The first kappa shape index (κ1) is 13.7. The molecule has 19 heavy (non-hydrogen) atoms. The summed E-state index contributed by atoms with van der Waals surface area (Å²) < 4.78 is 7.04. The lowest BCUT2D eigenvalue weighted by molar-refractivity contribution is 0.415. The molecule has 2 aromatic rings. The molecule has 4 nitrogen and oxygen atoms in total. The third kappa shape index (κ3) is 3.20. The number of hydrogen-bond acceptors (Lipinski definition) is 3. The van der Waals surface area contributed by atoms with Crippen molar-refractivity contribution < 1.29 is 4.74 Å². The Morgan fingerprint density at radius 3 is 2.89 bits per heavy atom. The van der Waals surface area contributed by atoms with Crippen LogP contribution in [0.1, 0.15) is 18.2 Å². The van der Waals surface area contributed by atoms with Crippen LogP contribution in [0.2, 0.25) is 5.02 Å². The molecule has 0 saturated heterocycles. The van der Waals surface area contributed by atoms with Crippen LogP contribution in [0.4, 0.5) is 5.69 Å². The number of aryl methyl sites for hydroxylation is 2. The Morgan fingerprint density at radius 2 is 2.21 bits per heavy atom. The number of aromatic nitrogens is 2. The number of anilines is 1. The second kappa shape index (κ2) is 5.97. The molecular formula is C14H18ClN3O. The SMILES string of the molecule is CCc1nn(C)cc1CNc1ccc(Cl)c(OC)c1. The second-order valence-corrected chi connectivity index (χ2v) is 4.74. The molecule has 0 saturated carbocycles. The summed E-state index contributed by atoms with van der Waals surface area (Å²) in [5.41, 5.74) is 3.31. The fraction of sp³-hybridized carbons (Fsp3) is 0.357. The van der Waals surface area contributed by atoms with E-state index in [0.717, 1.165) is 24.3 Å². The molecule has 0 atom stereocenters. The molecule has 0 spiro atoms. The van der Waals surface area contributed by atoms with E-state index in [1.807, 2.05) is 36.1 Å². The van der Waals surface area contributed by atoms with E-state index in [2.05, 4.69) is 17.3 Å². The van der Waals surface area contributed by atoms with Crippen LogP contribution in [0.3, 0.4) is 0 Å². The smallest absolute Gasteiger partial charge is 0.139 e.